The van der Waals surface area contributed by atoms with Crippen molar-refractivity contribution in [2.75, 3.05) is 6.61 Å². The van der Waals surface area contributed by atoms with E-state index in [0.717, 1.165) is 52.8 Å². The molecule has 0 fully saturated rings. The highest BCUT2D eigenvalue weighted by molar-refractivity contribution is 6.42. The van der Waals surface area contributed by atoms with E-state index >= 15 is 0 Å². The number of pyridine rings is 1. The fourth-order valence-corrected chi connectivity index (χ4v) is 4.44. The zero-order chi connectivity index (χ0) is 23.4. The summed E-state index contributed by atoms with van der Waals surface area (Å²) >= 11 is 18.5. The van der Waals surface area contributed by atoms with Gasteiger partial charge < -0.3 is 9.47 Å². The van der Waals surface area contributed by atoms with E-state index < -0.39 is 0 Å². The average Bonchev–Trinajstić information content (AvgIpc) is 3.30. The molecule has 0 bridgehead atoms. The van der Waals surface area contributed by atoms with Gasteiger partial charge in [-0.3, -0.25) is 4.98 Å². The minimum atomic E-state index is -0.375. The van der Waals surface area contributed by atoms with Crippen LogP contribution in [0, 0.1) is 0 Å². The van der Waals surface area contributed by atoms with Crippen LogP contribution < -0.4 is 4.74 Å². The Hall–Kier alpha value is -2.53. The van der Waals surface area contributed by atoms with E-state index in [1.54, 1.807) is 25.3 Å². The first-order chi connectivity index (χ1) is 16.0. The van der Waals surface area contributed by atoms with E-state index in [4.69, 9.17) is 44.3 Å². The molecule has 0 unspecified atom stereocenters. The van der Waals surface area contributed by atoms with E-state index in [1.165, 1.54) is 6.20 Å². The van der Waals surface area contributed by atoms with Crippen LogP contribution in [-0.4, -0.2) is 17.6 Å². The second-order valence-electron chi connectivity index (χ2n) is 7.67. The van der Waals surface area contributed by atoms with Crippen LogP contribution in [0.5, 0.6) is 5.75 Å². The Morgan fingerprint density at radius 2 is 1.79 bits per heavy atom. The molecule has 7 heteroatoms. The SMILES string of the molecule is CCOC(=O)c1cncc(C2=C(c3cc(Cl)ccc3OCc3ccc(Cl)c(Cl)c3)CCC2)c1. The molecule has 0 saturated carbocycles. The maximum absolute atomic E-state index is 12.2. The van der Waals surface area contributed by atoms with Crippen molar-refractivity contribution in [2.45, 2.75) is 32.8 Å². The van der Waals surface area contributed by atoms with Gasteiger partial charge in [0.25, 0.3) is 0 Å². The molecule has 4 rings (SSSR count). The predicted molar refractivity (Wildman–Crippen MR) is 133 cm³/mol. The van der Waals surface area contributed by atoms with Crippen molar-refractivity contribution in [3.05, 3.63) is 92.2 Å². The molecule has 0 amide bonds. The van der Waals surface area contributed by atoms with Gasteiger partial charge in [-0.1, -0.05) is 40.9 Å². The third-order valence-electron chi connectivity index (χ3n) is 5.46. The lowest BCUT2D eigenvalue weighted by molar-refractivity contribution is 0.0526. The Balaban J connectivity index is 1.68. The van der Waals surface area contributed by atoms with Crippen molar-refractivity contribution in [3.63, 3.8) is 0 Å². The van der Waals surface area contributed by atoms with Gasteiger partial charge in [-0.2, -0.15) is 0 Å². The van der Waals surface area contributed by atoms with Crippen LogP contribution >= 0.6 is 34.8 Å². The van der Waals surface area contributed by atoms with E-state index in [-0.39, 0.29) is 5.97 Å². The topological polar surface area (TPSA) is 48.4 Å². The van der Waals surface area contributed by atoms with Crippen LogP contribution in [-0.2, 0) is 11.3 Å². The van der Waals surface area contributed by atoms with Crippen molar-refractivity contribution in [2.24, 2.45) is 0 Å². The molecule has 0 atom stereocenters. The highest BCUT2D eigenvalue weighted by atomic mass is 35.5. The first-order valence-electron chi connectivity index (χ1n) is 10.7. The number of aromatic nitrogens is 1. The first-order valence-corrected chi connectivity index (χ1v) is 11.8. The molecule has 0 N–H and O–H groups in total. The summed E-state index contributed by atoms with van der Waals surface area (Å²) in [5, 5.41) is 1.62. The van der Waals surface area contributed by atoms with Crippen LogP contribution in [0.15, 0.2) is 54.9 Å². The molecule has 0 spiro atoms. The molecule has 0 aliphatic heterocycles. The van der Waals surface area contributed by atoms with Crippen molar-refractivity contribution in [1.82, 2.24) is 4.98 Å². The molecule has 3 aromatic rings. The average molecular weight is 503 g/mol. The van der Waals surface area contributed by atoms with Gasteiger partial charge in [0, 0.05) is 23.0 Å². The van der Waals surface area contributed by atoms with Gasteiger partial charge in [-0.15, -0.1) is 0 Å². The van der Waals surface area contributed by atoms with Crippen molar-refractivity contribution >= 4 is 51.9 Å². The van der Waals surface area contributed by atoms with Gasteiger partial charge in [0.15, 0.2) is 0 Å². The maximum atomic E-state index is 12.2. The Morgan fingerprint density at radius 1 is 0.970 bits per heavy atom. The van der Waals surface area contributed by atoms with Crippen LogP contribution in [0.25, 0.3) is 11.1 Å². The fraction of sp³-hybridized carbons (Fsp3) is 0.231. The van der Waals surface area contributed by atoms with Gasteiger partial charge in [-0.25, -0.2) is 4.79 Å². The number of hydrogen-bond acceptors (Lipinski definition) is 4. The predicted octanol–water partition coefficient (Wildman–Crippen LogP) is 7.89. The van der Waals surface area contributed by atoms with Crippen LogP contribution in [0.1, 0.15) is 53.2 Å². The fourth-order valence-electron chi connectivity index (χ4n) is 3.94. The molecule has 0 saturated heterocycles. The normalized spacial score (nSPS) is 13.3. The van der Waals surface area contributed by atoms with Crippen molar-refractivity contribution in [1.29, 1.82) is 0 Å². The number of benzene rings is 2. The molecule has 1 aromatic heterocycles. The minimum Gasteiger partial charge on any atom is -0.488 e. The summed E-state index contributed by atoms with van der Waals surface area (Å²) < 4.78 is 11.3. The summed E-state index contributed by atoms with van der Waals surface area (Å²) in [6, 6.07) is 12.9. The zero-order valence-electron chi connectivity index (χ0n) is 18.0. The lowest BCUT2D eigenvalue weighted by Gasteiger charge is -2.15. The summed E-state index contributed by atoms with van der Waals surface area (Å²) in [7, 11) is 0. The molecule has 1 aliphatic rings. The summed E-state index contributed by atoms with van der Waals surface area (Å²) in [6.07, 6.45) is 6.06. The second kappa shape index (κ2) is 10.6. The molecule has 170 valence electrons. The van der Waals surface area contributed by atoms with Crippen molar-refractivity contribution in [3.8, 4) is 5.75 Å². The lowest BCUT2D eigenvalue weighted by Crippen LogP contribution is -2.05. The highest BCUT2D eigenvalue weighted by Gasteiger charge is 2.22. The highest BCUT2D eigenvalue weighted by Crippen LogP contribution is 2.43. The summed E-state index contributed by atoms with van der Waals surface area (Å²) in [6.45, 7) is 2.44. The van der Waals surface area contributed by atoms with Gasteiger partial charge in [0.05, 0.1) is 22.2 Å². The molecular formula is C26H22Cl3NO3. The quantitative estimate of drug-likeness (QED) is 0.308. The molecule has 33 heavy (non-hydrogen) atoms. The van der Waals surface area contributed by atoms with Crippen LogP contribution in [0.4, 0.5) is 0 Å². The summed E-state index contributed by atoms with van der Waals surface area (Å²) in [4.78, 5) is 16.5. The summed E-state index contributed by atoms with van der Waals surface area (Å²) in [5.74, 6) is 0.356. The number of allylic oxidation sites excluding steroid dienone is 2. The molecule has 0 radical (unpaired) electrons. The van der Waals surface area contributed by atoms with E-state index in [2.05, 4.69) is 4.98 Å². The van der Waals surface area contributed by atoms with Crippen LogP contribution in [0.2, 0.25) is 15.1 Å². The lowest BCUT2D eigenvalue weighted by atomic mass is 9.96. The number of hydrogen-bond donors (Lipinski definition) is 0. The van der Waals surface area contributed by atoms with Gasteiger partial charge >= 0.3 is 5.97 Å². The molecule has 1 aliphatic carbocycles. The largest absolute Gasteiger partial charge is 0.488 e. The summed E-state index contributed by atoms with van der Waals surface area (Å²) in [5.41, 5.74) is 5.48. The minimum absolute atomic E-state index is 0.319. The third-order valence-corrected chi connectivity index (χ3v) is 6.43. The smallest absolute Gasteiger partial charge is 0.339 e. The molecular weight excluding hydrogens is 481 g/mol. The Labute approximate surface area is 208 Å². The van der Waals surface area contributed by atoms with E-state index in [9.17, 15) is 4.79 Å². The van der Waals surface area contributed by atoms with Crippen molar-refractivity contribution < 1.29 is 14.3 Å². The van der Waals surface area contributed by atoms with Crippen LogP contribution in [0.3, 0.4) is 0 Å². The Kier molecular flexibility index (Phi) is 7.59. The third kappa shape index (κ3) is 5.52. The maximum Gasteiger partial charge on any atom is 0.339 e. The number of carbonyl (C=O) groups is 1. The van der Waals surface area contributed by atoms with Gasteiger partial charge in [0.1, 0.15) is 12.4 Å². The Morgan fingerprint density at radius 3 is 2.58 bits per heavy atom. The number of carbonyl (C=O) groups excluding carboxylic acids is 1. The number of nitrogens with zero attached hydrogens (tertiary/aromatic N) is 1. The van der Waals surface area contributed by atoms with Gasteiger partial charge in [-0.05, 0) is 84.9 Å². The van der Waals surface area contributed by atoms with E-state index in [0.29, 0.717) is 33.8 Å². The molecule has 4 nitrogen and oxygen atoms in total. The zero-order valence-corrected chi connectivity index (χ0v) is 20.3. The molecule has 1 heterocycles. The first kappa shape index (κ1) is 23.6. The second-order valence-corrected chi connectivity index (χ2v) is 8.92. The Bertz CT molecular complexity index is 1220. The molecule has 2 aromatic carbocycles. The van der Waals surface area contributed by atoms with Gasteiger partial charge in [0.2, 0.25) is 0 Å². The standard InChI is InChI=1S/C26H22Cl3NO3/c1-2-32-26(31)18-11-17(13-30-14-18)20-4-3-5-21(20)22-12-19(27)7-9-25(22)33-15-16-6-8-23(28)24(29)10-16/h6-14H,2-5,15H2,1H3. The number of halogens is 3. The number of rotatable bonds is 7. The number of esters is 1. The van der Waals surface area contributed by atoms with E-state index in [1.807, 2.05) is 30.3 Å². The monoisotopic (exact) mass is 501 g/mol. The number of ether oxygens (including phenoxy) is 2.